The Balaban J connectivity index is 1.87. The highest BCUT2D eigenvalue weighted by Crippen LogP contribution is 2.38. The zero-order valence-electron chi connectivity index (χ0n) is 15.2. The van der Waals surface area contributed by atoms with E-state index in [0.29, 0.717) is 41.9 Å². The van der Waals surface area contributed by atoms with Gasteiger partial charge in [0.05, 0.1) is 25.8 Å². The number of ether oxygens (including phenoxy) is 2. The van der Waals surface area contributed by atoms with Crippen molar-refractivity contribution in [3.8, 4) is 11.5 Å². The van der Waals surface area contributed by atoms with Gasteiger partial charge in [-0.2, -0.15) is 4.98 Å². The van der Waals surface area contributed by atoms with Gasteiger partial charge in [0, 0.05) is 24.4 Å². The number of amides is 1. The summed E-state index contributed by atoms with van der Waals surface area (Å²) in [5.41, 5.74) is 0.491. The molecule has 0 radical (unpaired) electrons. The first-order chi connectivity index (χ1) is 11.8. The fraction of sp³-hybridized carbons (Fsp3) is 0.500. The number of methoxy groups -OCH3 is 2. The van der Waals surface area contributed by atoms with Crippen molar-refractivity contribution in [3.05, 3.63) is 29.9 Å². The number of hydrogen-bond donors (Lipinski definition) is 0. The molecule has 7 heteroatoms. The van der Waals surface area contributed by atoms with E-state index >= 15 is 0 Å². The van der Waals surface area contributed by atoms with E-state index in [0.717, 1.165) is 0 Å². The molecule has 25 heavy (non-hydrogen) atoms. The molecule has 1 aliphatic heterocycles. The number of nitrogens with zero attached hydrogens (tertiary/aromatic N) is 3. The van der Waals surface area contributed by atoms with Crippen LogP contribution in [-0.2, 0) is 10.2 Å². The lowest BCUT2D eigenvalue weighted by atomic mass is 9.96. The molecule has 1 aromatic carbocycles. The first-order valence-corrected chi connectivity index (χ1v) is 8.20. The van der Waals surface area contributed by atoms with Gasteiger partial charge in [0.25, 0.3) is 0 Å². The van der Waals surface area contributed by atoms with Gasteiger partial charge in [-0.3, -0.25) is 4.79 Å². The molecule has 1 atom stereocenters. The molecule has 1 fully saturated rings. The van der Waals surface area contributed by atoms with Crippen LogP contribution in [0.5, 0.6) is 11.5 Å². The minimum atomic E-state index is -0.194. The maximum Gasteiger partial charge on any atom is 0.232 e. The first-order valence-electron chi connectivity index (χ1n) is 8.20. The minimum Gasteiger partial charge on any atom is -0.497 e. The van der Waals surface area contributed by atoms with Crippen molar-refractivity contribution in [1.82, 2.24) is 10.1 Å². The first kappa shape index (κ1) is 17.3. The fourth-order valence-corrected chi connectivity index (χ4v) is 2.82. The van der Waals surface area contributed by atoms with E-state index in [-0.39, 0.29) is 17.2 Å². The number of carbonyl (C=O) groups is 1. The fourth-order valence-electron chi connectivity index (χ4n) is 2.82. The van der Waals surface area contributed by atoms with Crippen LogP contribution in [0.3, 0.4) is 0 Å². The molecule has 7 nitrogen and oxygen atoms in total. The Hall–Kier alpha value is -2.57. The molecule has 0 spiro atoms. The van der Waals surface area contributed by atoms with Crippen molar-refractivity contribution in [1.29, 1.82) is 0 Å². The molecule has 1 unspecified atom stereocenters. The standard InChI is InChI=1S/C18H23N3O4/c1-18(2,3)17-19-16(25-20-17)11-8-15(22)21(10-11)13-9-12(23-4)6-7-14(13)24-5/h6-7,9,11H,8,10H2,1-5H3. The zero-order valence-corrected chi connectivity index (χ0v) is 15.2. The van der Waals surface area contributed by atoms with Gasteiger partial charge in [0.1, 0.15) is 11.5 Å². The second-order valence-corrected chi connectivity index (χ2v) is 7.15. The van der Waals surface area contributed by atoms with Crippen LogP contribution in [0.4, 0.5) is 5.69 Å². The van der Waals surface area contributed by atoms with Crippen LogP contribution in [0.25, 0.3) is 0 Å². The van der Waals surface area contributed by atoms with Crippen molar-refractivity contribution < 1.29 is 18.8 Å². The van der Waals surface area contributed by atoms with Crippen molar-refractivity contribution in [2.24, 2.45) is 0 Å². The van der Waals surface area contributed by atoms with Crippen molar-refractivity contribution in [3.63, 3.8) is 0 Å². The Bertz CT molecular complexity index is 779. The Morgan fingerprint density at radius 3 is 2.60 bits per heavy atom. The quantitative estimate of drug-likeness (QED) is 0.848. The molecular weight excluding hydrogens is 322 g/mol. The number of benzene rings is 1. The summed E-state index contributed by atoms with van der Waals surface area (Å²) in [4.78, 5) is 18.7. The van der Waals surface area contributed by atoms with E-state index in [1.54, 1.807) is 37.3 Å². The molecule has 0 saturated carbocycles. The monoisotopic (exact) mass is 345 g/mol. The summed E-state index contributed by atoms with van der Waals surface area (Å²) < 4.78 is 16.1. The summed E-state index contributed by atoms with van der Waals surface area (Å²) in [6, 6.07) is 5.39. The van der Waals surface area contributed by atoms with Gasteiger partial charge in [-0.1, -0.05) is 25.9 Å². The van der Waals surface area contributed by atoms with Crippen LogP contribution >= 0.6 is 0 Å². The topological polar surface area (TPSA) is 77.7 Å². The number of aromatic nitrogens is 2. The molecule has 134 valence electrons. The van der Waals surface area contributed by atoms with Crippen molar-refractivity contribution in [2.75, 3.05) is 25.7 Å². The van der Waals surface area contributed by atoms with E-state index in [2.05, 4.69) is 10.1 Å². The van der Waals surface area contributed by atoms with E-state index in [9.17, 15) is 4.79 Å². The number of anilines is 1. The summed E-state index contributed by atoms with van der Waals surface area (Å²) in [6.07, 6.45) is 0.326. The summed E-state index contributed by atoms with van der Waals surface area (Å²) >= 11 is 0. The maximum absolute atomic E-state index is 12.6. The van der Waals surface area contributed by atoms with E-state index in [1.807, 2.05) is 20.8 Å². The summed E-state index contributed by atoms with van der Waals surface area (Å²) in [5.74, 6) is 2.30. The Morgan fingerprint density at radius 1 is 1.24 bits per heavy atom. The van der Waals surface area contributed by atoms with Gasteiger partial charge in [0.2, 0.25) is 11.8 Å². The average molecular weight is 345 g/mol. The highest BCUT2D eigenvalue weighted by molar-refractivity contribution is 5.98. The van der Waals surface area contributed by atoms with Crippen LogP contribution in [0, 0.1) is 0 Å². The molecule has 1 aliphatic rings. The van der Waals surface area contributed by atoms with Crippen LogP contribution < -0.4 is 14.4 Å². The van der Waals surface area contributed by atoms with Gasteiger partial charge in [-0.25, -0.2) is 0 Å². The molecule has 0 aliphatic carbocycles. The molecule has 1 amide bonds. The largest absolute Gasteiger partial charge is 0.497 e. The maximum atomic E-state index is 12.6. The average Bonchev–Trinajstić information content (AvgIpc) is 3.20. The SMILES string of the molecule is COc1ccc(OC)c(N2CC(c3nc(C(C)(C)C)no3)CC2=O)c1. The van der Waals surface area contributed by atoms with E-state index < -0.39 is 0 Å². The zero-order chi connectivity index (χ0) is 18.2. The van der Waals surface area contributed by atoms with Gasteiger partial charge < -0.3 is 18.9 Å². The molecule has 2 heterocycles. The van der Waals surface area contributed by atoms with Gasteiger partial charge in [0.15, 0.2) is 5.82 Å². The molecule has 0 bridgehead atoms. The van der Waals surface area contributed by atoms with Gasteiger partial charge >= 0.3 is 0 Å². The lowest BCUT2D eigenvalue weighted by Gasteiger charge is -2.20. The van der Waals surface area contributed by atoms with Crippen molar-refractivity contribution in [2.45, 2.75) is 38.5 Å². The third-order valence-electron chi connectivity index (χ3n) is 4.26. The number of carbonyl (C=O) groups excluding carboxylic acids is 1. The Kier molecular flexibility index (Phi) is 4.41. The predicted octanol–water partition coefficient (Wildman–Crippen LogP) is 2.90. The third kappa shape index (κ3) is 3.31. The Morgan fingerprint density at radius 2 is 2.00 bits per heavy atom. The van der Waals surface area contributed by atoms with Gasteiger partial charge in [-0.15, -0.1) is 0 Å². The van der Waals surface area contributed by atoms with E-state index in [4.69, 9.17) is 14.0 Å². The summed E-state index contributed by atoms with van der Waals surface area (Å²) in [7, 11) is 3.17. The van der Waals surface area contributed by atoms with Crippen LogP contribution in [-0.4, -0.2) is 36.8 Å². The molecule has 2 aromatic rings. The highest BCUT2D eigenvalue weighted by atomic mass is 16.5. The normalized spacial score (nSPS) is 17.9. The van der Waals surface area contributed by atoms with E-state index in [1.165, 1.54) is 0 Å². The second kappa shape index (κ2) is 6.38. The highest BCUT2D eigenvalue weighted by Gasteiger charge is 2.37. The lowest BCUT2D eigenvalue weighted by Crippen LogP contribution is -2.25. The van der Waals surface area contributed by atoms with Crippen LogP contribution in [0.1, 0.15) is 44.8 Å². The van der Waals surface area contributed by atoms with Gasteiger partial charge in [-0.05, 0) is 12.1 Å². The third-order valence-corrected chi connectivity index (χ3v) is 4.26. The molecule has 1 aromatic heterocycles. The number of hydrogen-bond acceptors (Lipinski definition) is 6. The molecule has 1 saturated heterocycles. The van der Waals surface area contributed by atoms with Crippen LogP contribution in [0.2, 0.25) is 0 Å². The number of rotatable bonds is 4. The predicted molar refractivity (Wildman–Crippen MR) is 92.3 cm³/mol. The molecule has 0 N–H and O–H groups in total. The minimum absolute atomic E-state index is 0.00735. The molecule has 3 rings (SSSR count). The Labute approximate surface area is 146 Å². The van der Waals surface area contributed by atoms with Crippen molar-refractivity contribution >= 4 is 11.6 Å². The second-order valence-electron chi connectivity index (χ2n) is 7.15. The summed E-state index contributed by atoms with van der Waals surface area (Å²) in [5, 5.41) is 4.06. The van der Waals surface area contributed by atoms with Crippen LogP contribution in [0.15, 0.2) is 22.7 Å². The smallest absolute Gasteiger partial charge is 0.232 e. The molecular formula is C18H23N3O4. The lowest BCUT2D eigenvalue weighted by molar-refractivity contribution is -0.117. The summed E-state index contributed by atoms with van der Waals surface area (Å²) in [6.45, 7) is 6.53.